The largest absolute Gasteiger partial charge is 0.392 e. The zero-order valence-electron chi connectivity index (χ0n) is 8.71. The number of thioether (sulfide) groups is 1. The lowest BCUT2D eigenvalue weighted by atomic mass is 10.2. The van der Waals surface area contributed by atoms with Gasteiger partial charge in [-0.15, -0.1) is 0 Å². The van der Waals surface area contributed by atoms with E-state index in [1.807, 2.05) is 6.92 Å². The van der Waals surface area contributed by atoms with E-state index in [4.69, 9.17) is 11.6 Å². The van der Waals surface area contributed by atoms with E-state index in [-0.39, 0.29) is 17.2 Å². The van der Waals surface area contributed by atoms with Crippen molar-refractivity contribution in [2.24, 2.45) is 0 Å². The van der Waals surface area contributed by atoms with Gasteiger partial charge in [-0.2, -0.15) is 11.8 Å². The molecule has 0 heterocycles. The third-order valence-corrected chi connectivity index (χ3v) is 3.95. The van der Waals surface area contributed by atoms with Crippen molar-refractivity contribution >= 4 is 23.4 Å². The van der Waals surface area contributed by atoms with Gasteiger partial charge in [-0.1, -0.05) is 18.5 Å². The molecule has 2 unspecified atom stereocenters. The maximum Gasteiger partial charge on any atom is 0.123 e. The van der Waals surface area contributed by atoms with Gasteiger partial charge in [0.15, 0.2) is 0 Å². The van der Waals surface area contributed by atoms with Gasteiger partial charge < -0.3 is 5.11 Å². The number of hydrogen-bond acceptors (Lipinski definition) is 2. The highest BCUT2D eigenvalue weighted by molar-refractivity contribution is 7.99. The Morgan fingerprint density at radius 2 is 2.13 bits per heavy atom. The average Bonchev–Trinajstić information content (AvgIpc) is 2.18. The summed E-state index contributed by atoms with van der Waals surface area (Å²) in [5.41, 5.74) is 0.772. The fraction of sp³-hybridized carbons (Fsp3) is 0.455. The molecule has 0 aliphatic heterocycles. The van der Waals surface area contributed by atoms with Crippen LogP contribution in [0.1, 0.15) is 19.4 Å². The van der Waals surface area contributed by atoms with E-state index >= 15 is 0 Å². The number of halogens is 2. The number of aliphatic hydroxyl groups excluding tert-OH is 1. The van der Waals surface area contributed by atoms with Crippen molar-refractivity contribution in [2.45, 2.75) is 31.0 Å². The van der Waals surface area contributed by atoms with Gasteiger partial charge in [0.25, 0.3) is 0 Å². The zero-order chi connectivity index (χ0) is 11.4. The molecule has 4 heteroatoms. The van der Waals surface area contributed by atoms with E-state index in [0.717, 1.165) is 5.56 Å². The normalized spacial score (nSPS) is 15.0. The predicted octanol–water partition coefficient (Wildman–Crippen LogP) is 3.48. The van der Waals surface area contributed by atoms with Crippen LogP contribution in [0.25, 0.3) is 0 Å². The monoisotopic (exact) mass is 248 g/mol. The fourth-order valence-electron chi connectivity index (χ4n) is 1.01. The summed E-state index contributed by atoms with van der Waals surface area (Å²) in [6, 6.07) is 4.33. The quantitative estimate of drug-likeness (QED) is 0.880. The third kappa shape index (κ3) is 4.01. The van der Waals surface area contributed by atoms with Crippen LogP contribution in [0.3, 0.4) is 0 Å². The molecule has 84 valence electrons. The highest BCUT2D eigenvalue weighted by atomic mass is 35.5. The van der Waals surface area contributed by atoms with Crippen LogP contribution in [-0.4, -0.2) is 16.5 Å². The van der Waals surface area contributed by atoms with E-state index < -0.39 is 0 Å². The molecule has 0 aliphatic rings. The molecule has 1 aromatic rings. The second kappa shape index (κ2) is 5.73. The second-order valence-electron chi connectivity index (χ2n) is 3.49. The highest BCUT2D eigenvalue weighted by Gasteiger charge is 2.10. The summed E-state index contributed by atoms with van der Waals surface area (Å²) in [5.74, 6) is 0.336. The third-order valence-electron chi connectivity index (χ3n) is 2.19. The molecular formula is C11H14ClFOS. The minimum absolute atomic E-state index is 0.115. The van der Waals surface area contributed by atoms with E-state index in [1.54, 1.807) is 24.8 Å². The van der Waals surface area contributed by atoms with Crippen molar-refractivity contribution in [1.29, 1.82) is 0 Å². The molecule has 0 radical (unpaired) electrons. The molecule has 0 saturated carbocycles. The molecule has 1 nitrogen and oxygen atoms in total. The molecule has 0 spiro atoms. The number of hydrogen-bond donors (Lipinski definition) is 1. The lowest BCUT2D eigenvalue weighted by Gasteiger charge is -2.14. The van der Waals surface area contributed by atoms with Crippen LogP contribution < -0.4 is 0 Å². The molecule has 0 amide bonds. The van der Waals surface area contributed by atoms with Crippen LogP contribution in [0.4, 0.5) is 4.39 Å². The van der Waals surface area contributed by atoms with E-state index in [2.05, 4.69) is 0 Å². The Hall–Kier alpha value is -0.250. The summed E-state index contributed by atoms with van der Waals surface area (Å²) in [5, 5.41) is 9.98. The summed E-state index contributed by atoms with van der Waals surface area (Å²) in [7, 11) is 0. The van der Waals surface area contributed by atoms with Crippen LogP contribution in [0, 0.1) is 5.82 Å². The standard InChI is InChI=1S/C11H14ClFOS/c1-7(14)8(2)15-6-9-5-10(13)3-4-11(9)12/h3-5,7-8,14H,6H2,1-2H3. The number of aliphatic hydroxyl groups is 1. The lowest BCUT2D eigenvalue weighted by Crippen LogP contribution is -2.15. The van der Waals surface area contributed by atoms with Gasteiger partial charge in [0.1, 0.15) is 5.82 Å². The SMILES string of the molecule is CC(O)C(C)SCc1cc(F)ccc1Cl. The van der Waals surface area contributed by atoms with Gasteiger partial charge in [0.05, 0.1) is 6.10 Å². The zero-order valence-corrected chi connectivity index (χ0v) is 10.3. The molecular weight excluding hydrogens is 235 g/mol. The topological polar surface area (TPSA) is 20.2 Å². The Labute approximate surface area is 98.6 Å². The van der Waals surface area contributed by atoms with Crippen LogP contribution in [0.5, 0.6) is 0 Å². The first-order chi connectivity index (χ1) is 7.00. The summed E-state index contributed by atoms with van der Waals surface area (Å²) in [6.07, 6.45) is -0.373. The van der Waals surface area contributed by atoms with Crippen molar-refractivity contribution in [3.8, 4) is 0 Å². The van der Waals surface area contributed by atoms with Crippen LogP contribution >= 0.6 is 23.4 Å². The van der Waals surface area contributed by atoms with Crippen LogP contribution in [0.15, 0.2) is 18.2 Å². The fourth-order valence-corrected chi connectivity index (χ4v) is 2.24. The first-order valence-corrected chi connectivity index (χ1v) is 6.17. The Morgan fingerprint density at radius 3 is 2.73 bits per heavy atom. The van der Waals surface area contributed by atoms with E-state index in [0.29, 0.717) is 10.8 Å². The summed E-state index contributed by atoms with van der Waals surface area (Å²) in [6.45, 7) is 3.67. The Morgan fingerprint density at radius 1 is 1.47 bits per heavy atom. The van der Waals surface area contributed by atoms with Gasteiger partial charge in [-0.05, 0) is 30.7 Å². The van der Waals surface area contributed by atoms with Crippen molar-refractivity contribution in [3.63, 3.8) is 0 Å². The molecule has 1 rings (SSSR count). The molecule has 1 aromatic carbocycles. The van der Waals surface area contributed by atoms with Crippen LogP contribution in [0.2, 0.25) is 5.02 Å². The summed E-state index contributed by atoms with van der Waals surface area (Å²) in [4.78, 5) is 0. The minimum Gasteiger partial charge on any atom is -0.392 e. The lowest BCUT2D eigenvalue weighted by molar-refractivity contribution is 0.196. The van der Waals surface area contributed by atoms with Gasteiger partial charge >= 0.3 is 0 Å². The molecule has 0 saturated heterocycles. The van der Waals surface area contributed by atoms with E-state index in [9.17, 15) is 9.50 Å². The molecule has 0 bridgehead atoms. The van der Waals surface area contributed by atoms with Gasteiger partial charge in [0, 0.05) is 16.0 Å². The van der Waals surface area contributed by atoms with Gasteiger partial charge in [-0.3, -0.25) is 0 Å². The highest BCUT2D eigenvalue weighted by Crippen LogP contribution is 2.25. The molecule has 0 fully saturated rings. The van der Waals surface area contributed by atoms with Gasteiger partial charge in [0.2, 0.25) is 0 Å². The summed E-state index contributed by atoms with van der Waals surface area (Å²) < 4.78 is 12.9. The van der Waals surface area contributed by atoms with Crippen molar-refractivity contribution in [2.75, 3.05) is 0 Å². The number of benzene rings is 1. The molecule has 15 heavy (non-hydrogen) atoms. The second-order valence-corrected chi connectivity index (χ2v) is 5.27. The van der Waals surface area contributed by atoms with Crippen molar-refractivity contribution in [3.05, 3.63) is 34.6 Å². The summed E-state index contributed by atoms with van der Waals surface area (Å²) >= 11 is 7.48. The smallest absolute Gasteiger partial charge is 0.123 e. The first kappa shape index (κ1) is 12.8. The average molecular weight is 249 g/mol. The molecule has 2 atom stereocenters. The van der Waals surface area contributed by atoms with Crippen LogP contribution in [-0.2, 0) is 5.75 Å². The molecule has 0 aromatic heterocycles. The Kier molecular flexibility index (Phi) is 4.90. The minimum atomic E-state index is -0.373. The van der Waals surface area contributed by atoms with Gasteiger partial charge in [-0.25, -0.2) is 4.39 Å². The first-order valence-electron chi connectivity index (χ1n) is 4.74. The Bertz CT molecular complexity index is 330. The maximum absolute atomic E-state index is 12.9. The molecule has 1 N–H and O–H groups in total. The number of rotatable bonds is 4. The van der Waals surface area contributed by atoms with E-state index in [1.165, 1.54) is 12.1 Å². The predicted molar refractivity (Wildman–Crippen MR) is 63.8 cm³/mol. The molecule has 0 aliphatic carbocycles. The van der Waals surface area contributed by atoms with Crippen molar-refractivity contribution < 1.29 is 9.50 Å². The maximum atomic E-state index is 12.9. The van der Waals surface area contributed by atoms with Crippen molar-refractivity contribution in [1.82, 2.24) is 0 Å². The Balaban J connectivity index is 2.61.